The molecule has 0 heterocycles. The summed E-state index contributed by atoms with van der Waals surface area (Å²) in [6, 6.07) is 25.3. The molecular weight excluding hydrogens is 1450 g/mol. The van der Waals surface area contributed by atoms with Gasteiger partial charge in [0.25, 0.3) is 0 Å². The second kappa shape index (κ2) is 51.3. The van der Waals surface area contributed by atoms with E-state index in [0.717, 1.165) is 0 Å². The fraction of sp³-hybridized carbons (Fsp3) is 0. The van der Waals surface area contributed by atoms with Crippen molar-refractivity contribution in [2.75, 3.05) is 0 Å². The van der Waals surface area contributed by atoms with E-state index in [1.807, 2.05) is 0 Å². The molecule has 0 aliphatic rings. The van der Waals surface area contributed by atoms with Gasteiger partial charge in [0.2, 0.25) is 0 Å². The molecule has 3 aromatic carbocycles. The van der Waals surface area contributed by atoms with Crippen molar-refractivity contribution >= 4 is 201 Å². The van der Waals surface area contributed by atoms with Gasteiger partial charge < -0.3 is 0 Å². The van der Waals surface area contributed by atoms with Gasteiger partial charge in [-0.05, 0) is 0 Å². The molecule has 30 heteroatoms. The molecule has 3 aromatic rings. The second-order valence-electron chi connectivity index (χ2n) is 5.55. The summed E-state index contributed by atoms with van der Waals surface area (Å²) < 4.78 is 151. The van der Waals surface area contributed by atoms with Crippen molar-refractivity contribution in [1.82, 2.24) is 0 Å². The Morgan fingerprint density at radius 1 is 0.312 bits per heavy atom. The van der Waals surface area contributed by atoms with E-state index in [0.29, 0.717) is 17.2 Å². The van der Waals surface area contributed by atoms with E-state index in [9.17, 15) is 19.2 Å². The first kappa shape index (κ1) is 71.5. The Bertz CT molecular complexity index is 1070. The second-order valence-corrected chi connectivity index (χ2v) is 14.8. The van der Waals surface area contributed by atoms with Crippen LogP contribution in [0, 0.1) is 0 Å². The topological polar surface area (TPSA) is 338 Å². The fourth-order valence-corrected chi connectivity index (χ4v) is 4.22. The summed E-state index contributed by atoms with van der Waals surface area (Å²) >= 11 is -23.9. The summed E-state index contributed by atoms with van der Waals surface area (Å²) in [4.78, 5) is 0. The zero-order valence-corrected chi connectivity index (χ0v) is 42.9. The third-order valence-electron chi connectivity index (χ3n) is 2.77. The van der Waals surface area contributed by atoms with E-state index in [2.05, 4.69) is 9.05 Å². The summed E-state index contributed by atoms with van der Waals surface area (Å²) in [6.07, 6.45) is 0. The Morgan fingerprint density at radius 2 is 0.438 bits per heavy atom. The first-order valence-electron chi connectivity index (χ1n) is 9.63. The van der Waals surface area contributed by atoms with Gasteiger partial charge in [0.15, 0.2) is 0 Å². The molecule has 48 heavy (non-hydrogen) atoms. The van der Waals surface area contributed by atoms with Crippen molar-refractivity contribution in [3.8, 4) is 17.2 Å². The molecule has 0 aromatic heterocycles. The number of rotatable bonds is 6. The molecule has 0 unspecified atom stereocenters. The molecule has 282 valence electrons. The first-order valence-corrected chi connectivity index (χ1v) is 28.4. The third kappa shape index (κ3) is 73.5. The molecule has 0 fully saturated rings. The Morgan fingerprint density at radius 3 is 0.542 bits per heavy atom. The van der Waals surface area contributed by atoms with Crippen molar-refractivity contribution in [2.45, 2.75) is 0 Å². The average molecular weight is 1470 g/mol. The Kier molecular flexibility index (Phi) is 76.4. The molecule has 0 aliphatic heterocycles. The predicted octanol–water partition coefficient (Wildman–Crippen LogP) is -6.58. The summed E-state index contributed by atoms with van der Waals surface area (Å²) in [6.45, 7) is 0. The minimum atomic E-state index is -4.20. The normalized spacial score (nSPS) is 7.19. The van der Waals surface area contributed by atoms with Gasteiger partial charge in [-0.1, -0.05) is 0 Å². The first-order chi connectivity index (χ1) is 19.6. The van der Waals surface area contributed by atoms with Crippen LogP contribution in [0.3, 0.4) is 0 Å². The van der Waals surface area contributed by atoms with Crippen LogP contribution < -0.4 is 39.5 Å². The molecule has 18 nitrogen and oxygen atoms in total. The summed E-state index contributed by atoms with van der Waals surface area (Å²) in [5, 5.41) is 0. The summed E-state index contributed by atoms with van der Waals surface area (Å²) in [5.74, 6) is 1.20. The molecular formula is C18H21Cl6O18Sb6-9. The van der Waals surface area contributed by atoms with Gasteiger partial charge in [-0.25, -0.2) is 0 Å². The number of para-hydroxylation sites is 3. The van der Waals surface area contributed by atoms with Crippen LogP contribution in [0.25, 0.3) is 0 Å². The van der Waals surface area contributed by atoms with E-state index in [1.165, 1.54) is 0 Å². The zero-order valence-electron chi connectivity index (χ0n) is 22.6. The van der Waals surface area contributed by atoms with Crippen LogP contribution in [0.1, 0.15) is 0 Å². The molecule has 0 N–H and O–H groups in total. The monoisotopic (exact) mass is 1460 g/mol. The molecule has 0 atom stereocenters. The van der Waals surface area contributed by atoms with Crippen molar-refractivity contribution in [2.24, 2.45) is 0 Å². The molecule has 0 amide bonds. The van der Waals surface area contributed by atoms with Crippen LogP contribution in [0.15, 0.2) is 91.0 Å². The Hall–Kier alpha value is 2.15. The van der Waals surface area contributed by atoms with Crippen LogP contribution >= 0.6 is 74.4 Å². The van der Waals surface area contributed by atoms with Crippen LogP contribution in [0.5, 0.6) is 17.2 Å². The van der Waals surface area contributed by atoms with Gasteiger partial charge in [-0.3, -0.25) is 0 Å². The van der Waals surface area contributed by atoms with Gasteiger partial charge >= 0.3 is 292 Å². The minimum absolute atomic E-state index is 0. The standard InChI is InChI=1S/3C6H6O.6ClH.15O.6Sb/c3*7-6-4-2-1-3-5-6;;;;;;;;;;;;;;;;;;;;;;;;;;;/h3*1-5,7H;6*1H;;;;;;;;;;;;;;;;;;;;;/q;;;;;;;;;;;;;;;9*-1;;;;3*+1/p-3. The maximum atomic E-state index is 10.1. The molecule has 3 rings (SSSR count). The number of halogens is 6. The van der Waals surface area contributed by atoms with E-state index in [1.54, 1.807) is 91.0 Å². The Labute approximate surface area is 360 Å². The van der Waals surface area contributed by atoms with E-state index in [-0.39, 0.29) is 74.4 Å². The van der Waals surface area contributed by atoms with Crippen molar-refractivity contribution in [3.63, 3.8) is 0 Å². The number of benzene rings is 3. The van der Waals surface area contributed by atoms with Gasteiger partial charge in [0.05, 0.1) is 0 Å². The quantitative estimate of drug-likeness (QED) is 0.207. The van der Waals surface area contributed by atoms with Crippen LogP contribution in [-0.2, 0) is 18.1 Å². The van der Waals surface area contributed by atoms with Crippen LogP contribution in [-0.4, -0.2) is 126 Å². The van der Waals surface area contributed by atoms with Gasteiger partial charge in [-0.15, -0.1) is 74.4 Å². The predicted molar refractivity (Wildman–Crippen MR) is 163 cm³/mol. The molecule has 0 bridgehead atoms. The fourth-order valence-electron chi connectivity index (χ4n) is 1.70. The van der Waals surface area contributed by atoms with Crippen molar-refractivity contribution in [3.05, 3.63) is 91.0 Å². The molecule has 0 saturated carbocycles. The molecule has 6 radical (unpaired) electrons. The number of hydrogen-bond donors (Lipinski definition) is 0. The molecule has 0 aliphatic carbocycles. The summed E-state index contributed by atoms with van der Waals surface area (Å²) in [7, 11) is 0. The summed E-state index contributed by atoms with van der Waals surface area (Å²) in [5.41, 5.74) is 0. The van der Waals surface area contributed by atoms with Gasteiger partial charge in [-0.2, -0.15) is 0 Å². The molecule has 0 saturated heterocycles. The average Bonchev–Trinajstić information content (AvgIpc) is 2.85. The van der Waals surface area contributed by atoms with Gasteiger partial charge in [0.1, 0.15) is 0 Å². The van der Waals surface area contributed by atoms with Crippen LogP contribution in [0.2, 0.25) is 0 Å². The molecule has 0 spiro atoms. The van der Waals surface area contributed by atoms with E-state index in [4.69, 9.17) is 29.4 Å². The number of hydrogen-bond acceptors (Lipinski definition) is 18. The van der Waals surface area contributed by atoms with Crippen molar-refractivity contribution < 1.29 is 57.6 Å². The van der Waals surface area contributed by atoms with E-state index >= 15 is 0 Å². The Balaban J connectivity index is -0.0000000554. The van der Waals surface area contributed by atoms with Crippen molar-refractivity contribution in [1.29, 1.82) is 0 Å². The maximum absolute atomic E-state index is 10.1. The zero-order chi connectivity index (χ0) is 32.9. The third-order valence-corrected chi connectivity index (χ3v) is 5.85. The van der Waals surface area contributed by atoms with Gasteiger partial charge in [0, 0.05) is 0 Å². The van der Waals surface area contributed by atoms with E-state index < -0.39 is 126 Å². The van der Waals surface area contributed by atoms with Crippen LogP contribution in [0.4, 0.5) is 0 Å². The SMILES string of the molecule is Cl.Cl.Cl.Cl.Cl.Cl.[O]=[Sb]([O-])[O-].[O]=[Sb]([O-])[O-].[O]=[Sb]([O-])[O-].[O]=[Sb]([O-])[O]c1ccccc1.[O]=[Sb]([O-])[O]c1ccccc1.[O]=[Sb]([O-])[O]c1ccccc1.